The molecule has 31 heavy (non-hydrogen) atoms. The van der Waals surface area contributed by atoms with E-state index in [0.717, 1.165) is 22.2 Å². The molecule has 5 aromatic rings. The van der Waals surface area contributed by atoms with Crippen LogP contribution in [0.1, 0.15) is 5.56 Å². The molecule has 156 valence electrons. The van der Waals surface area contributed by atoms with Crippen molar-refractivity contribution in [3.05, 3.63) is 64.9 Å². The molecule has 0 amide bonds. The van der Waals surface area contributed by atoms with Gasteiger partial charge in [0, 0.05) is 16.4 Å². The Morgan fingerprint density at radius 3 is 2.68 bits per heavy atom. The van der Waals surface area contributed by atoms with Gasteiger partial charge in [-0.3, -0.25) is 0 Å². The van der Waals surface area contributed by atoms with Crippen LogP contribution >= 0.6 is 27.5 Å². The standard InChI is InChI=1S/C20H11BrF3N5OS/c21-14-7-10(20(22,23)24)8-15-17(14)29-19(28-15)27-11-1-3-12(4-2-11)30-18-13-9-26-31-16(13)5-6-25-18/h1-9H,(H2,27,28,29). The van der Waals surface area contributed by atoms with Gasteiger partial charge in [0.2, 0.25) is 11.8 Å². The minimum Gasteiger partial charge on any atom is -0.438 e. The monoisotopic (exact) mass is 505 g/mol. The first-order valence-corrected chi connectivity index (χ1v) is 10.4. The lowest BCUT2D eigenvalue weighted by Gasteiger charge is -2.07. The SMILES string of the molecule is FC(F)(F)c1cc(Br)c2nc(Nc3ccc(Oc4nccc5sncc45)cc3)[nH]c2c1. The second-order valence-electron chi connectivity index (χ2n) is 6.54. The Hall–Kier alpha value is -3.18. The molecule has 0 bridgehead atoms. The first-order chi connectivity index (χ1) is 14.9. The molecule has 0 aliphatic carbocycles. The van der Waals surface area contributed by atoms with Crippen molar-refractivity contribution in [2.75, 3.05) is 5.32 Å². The van der Waals surface area contributed by atoms with Crippen molar-refractivity contribution in [3.63, 3.8) is 0 Å². The van der Waals surface area contributed by atoms with Crippen molar-refractivity contribution in [1.29, 1.82) is 0 Å². The van der Waals surface area contributed by atoms with Crippen molar-refractivity contribution in [2.24, 2.45) is 0 Å². The minimum atomic E-state index is -4.44. The third kappa shape index (κ3) is 3.93. The van der Waals surface area contributed by atoms with Crippen LogP contribution in [0, 0.1) is 0 Å². The maximum Gasteiger partial charge on any atom is 0.416 e. The van der Waals surface area contributed by atoms with E-state index in [1.165, 1.54) is 11.5 Å². The number of hydrogen-bond acceptors (Lipinski definition) is 6. The number of nitrogens with one attached hydrogen (secondary N) is 2. The molecule has 11 heteroatoms. The molecule has 0 saturated heterocycles. The zero-order valence-electron chi connectivity index (χ0n) is 15.4. The number of nitrogens with zero attached hydrogens (tertiary/aromatic N) is 3. The van der Waals surface area contributed by atoms with Crippen molar-refractivity contribution >= 4 is 60.2 Å². The van der Waals surface area contributed by atoms with Gasteiger partial charge >= 0.3 is 6.18 Å². The number of rotatable bonds is 4. The highest BCUT2D eigenvalue weighted by Crippen LogP contribution is 2.35. The van der Waals surface area contributed by atoms with Gasteiger partial charge in [-0.05, 0) is 69.9 Å². The van der Waals surface area contributed by atoms with Crippen LogP contribution in [0.15, 0.2) is 59.3 Å². The van der Waals surface area contributed by atoms with Crippen LogP contribution in [-0.4, -0.2) is 19.3 Å². The molecule has 3 aromatic heterocycles. The van der Waals surface area contributed by atoms with Crippen molar-refractivity contribution in [2.45, 2.75) is 6.18 Å². The van der Waals surface area contributed by atoms with E-state index in [1.807, 2.05) is 6.07 Å². The molecular weight excluding hydrogens is 495 g/mol. The van der Waals surface area contributed by atoms with Gasteiger partial charge in [0.05, 0.1) is 27.4 Å². The van der Waals surface area contributed by atoms with E-state index in [-0.39, 0.29) is 9.99 Å². The number of H-pyrrole nitrogens is 1. The summed E-state index contributed by atoms with van der Waals surface area (Å²) in [4.78, 5) is 11.4. The number of benzene rings is 2. The molecule has 0 aliphatic heterocycles. The fourth-order valence-electron chi connectivity index (χ4n) is 3.01. The van der Waals surface area contributed by atoms with Gasteiger partial charge in [0.25, 0.3) is 0 Å². The maximum absolute atomic E-state index is 13.0. The molecule has 5 rings (SSSR count). The van der Waals surface area contributed by atoms with Crippen LogP contribution in [0.4, 0.5) is 24.8 Å². The molecular formula is C20H11BrF3N5OS. The van der Waals surface area contributed by atoms with Crippen molar-refractivity contribution in [1.82, 2.24) is 19.3 Å². The van der Waals surface area contributed by atoms with E-state index in [4.69, 9.17) is 4.74 Å². The average molecular weight is 506 g/mol. The summed E-state index contributed by atoms with van der Waals surface area (Å²) in [6.07, 6.45) is -1.07. The lowest BCUT2D eigenvalue weighted by molar-refractivity contribution is -0.137. The zero-order valence-corrected chi connectivity index (χ0v) is 17.8. The largest absolute Gasteiger partial charge is 0.438 e. The smallest absolute Gasteiger partial charge is 0.416 e. The van der Waals surface area contributed by atoms with Gasteiger partial charge in [-0.15, -0.1) is 0 Å². The molecule has 0 fully saturated rings. The number of hydrogen-bond donors (Lipinski definition) is 2. The predicted octanol–water partition coefficient (Wildman–Crippen LogP) is 6.88. The lowest BCUT2D eigenvalue weighted by Crippen LogP contribution is -2.04. The average Bonchev–Trinajstić information content (AvgIpc) is 3.36. The number of halogens is 4. The molecule has 0 radical (unpaired) electrons. The van der Waals surface area contributed by atoms with Gasteiger partial charge in [0.15, 0.2) is 0 Å². The molecule has 3 heterocycles. The normalized spacial score (nSPS) is 11.9. The van der Waals surface area contributed by atoms with Gasteiger partial charge < -0.3 is 15.0 Å². The molecule has 0 atom stereocenters. The number of alkyl halides is 3. The fraction of sp³-hybridized carbons (Fsp3) is 0.0500. The molecule has 0 aliphatic rings. The van der Waals surface area contributed by atoms with E-state index in [2.05, 4.69) is 40.6 Å². The summed E-state index contributed by atoms with van der Waals surface area (Å²) in [5.74, 6) is 1.37. The highest BCUT2D eigenvalue weighted by atomic mass is 79.9. The number of imidazole rings is 1. The molecule has 2 N–H and O–H groups in total. The summed E-state index contributed by atoms with van der Waals surface area (Å²) >= 11 is 4.52. The molecule has 0 spiro atoms. The van der Waals surface area contributed by atoms with Crippen LogP contribution in [0.3, 0.4) is 0 Å². The van der Waals surface area contributed by atoms with Crippen molar-refractivity contribution in [3.8, 4) is 11.6 Å². The topological polar surface area (TPSA) is 75.7 Å². The van der Waals surface area contributed by atoms with E-state index in [9.17, 15) is 13.2 Å². The summed E-state index contributed by atoms with van der Waals surface area (Å²) < 4.78 is 50.3. The van der Waals surface area contributed by atoms with Gasteiger partial charge in [-0.25, -0.2) is 9.97 Å². The third-order valence-electron chi connectivity index (χ3n) is 4.45. The summed E-state index contributed by atoms with van der Waals surface area (Å²) in [7, 11) is 0. The van der Waals surface area contributed by atoms with E-state index < -0.39 is 11.7 Å². The molecule has 0 saturated carbocycles. The Balaban J connectivity index is 1.36. The van der Waals surface area contributed by atoms with Gasteiger partial charge in [-0.2, -0.15) is 17.5 Å². The van der Waals surface area contributed by atoms with Crippen molar-refractivity contribution < 1.29 is 17.9 Å². The summed E-state index contributed by atoms with van der Waals surface area (Å²) in [6, 6.07) is 11.0. The van der Waals surface area contributed by atoms with Crippen LogP contribution in [-0.2, 0) is 6.18 Å². The zero-order chi connectivity index (χ0) is 21.6. The maximum atomic E-state index is 13.0. The van der Waals surface area contributed by atoms with Gasteiger partial charge in [0.1, 0.15) is 11.3 Å². The number of fused-ring (bicyclic) bond motifs is 2. The number of aromatic nitrogens is 4. The van der Waals surface area contributed by atoms with Crippen LogP contribution in [0.25, 0.3) is 21.1 Å². The summed E-state index contributed by atoms with van der Waals surface area (Å²) in [5.41, 5.74) is 0.599. The second-order valence-corrected chi connectivity index (χ2v) is 8.23. The van der Waals surface area contributed by atoms with E-state index in [0.29, 0.717) is 28.8 Å². The van der Waals surface area contributed by atoms with E-state index >= 15 is 0 Å². The number of pyridine rings is 1. The Kier molecular flexibility index (Phi) is 4.78. The predicted molar refractivity (Wildman–Crippen MR) is 116 cm³/mol. The number of aromatic amines is 1. The lowest BCUT2D eigenvalue weighted by atomic mass is 10.2. The summed E-state index contributed by atoms with van der Waals surface area (Å²) in [5, 5.41) is 3.88. The first-order valence-electron chi connectivity index (χ1n) is 8.87. The van der Waals surface area contributed by atoms with Crippen LogP contribution in [0.5, 0.6) is 11.6 Å². The Bertz CT molecular complexity index is 1400. The second kappa shape index (κ2) is 7.50. The fourth-order valence-corrected chi connectivity index (χ4v) is 4.19. The van der Waals surface area contributed by atoms with Crippen LogP contribution < -0.4 is 10.1 Å². The third-order valence-corrected chi connectivity index (χ3v) is 5.81. The Morgan fingerprint density at radius 2 is 1.90 bits per heavy atom. The number of ether oxygens (including phenoxy) is 1. The highest BCUT2D eigenvalue weighted by molar-refractivity contribution is 9.10. The Labute approximate surface area is 185 Å². The highest BCUT2D eigenvalue weighted by Gasteiger charge is 2.31. The quantitative estimate of drug-likeness (QED) is 0.278. The summed E-state index contributed by atoms with van der Waals surface area (Å²) in [6.45, 7) is 0. The molecule has 2 aromatic carbocycles. The first kappa shape index (κ1) is 19.8. The molecule has 0 unspecified atom stereocenters. The number of anilines is 2. The minimum absolute atomic E-state index is 0.259. The molecule has 6 nitrogen and oxygen atoms in total. The van der Waals surface area contributed by atoms with Gasteiger partial charge in [-0.1, -0.05) is 0 Å². The van der Waals surface area contributed by atoms with Crippen LogP contribution in [0.2, 0.25) is 0 Å². The van der Waals surface area contributed by atoms with E-state index in [1.54, 1.807) is 36.7 Å². The Morgan fingerprint density at radius 1 is 1.10 bits per heavy atom.